The van der Waals surface area contributed by atoms with E-state index in [0.717, 1.165) is 22.2 Å². The molecule has 0 atom stereocenters. The highest BCUT2D eigenvalue weighted by Crippen LogP contribution is 2.21. The van der Waals surface area contributed by atoms with Crippen molar-refractivity contribution in [2.45, 2.75) is 26.7 Å². The van der Waals surface area contributed by atoms with E-state index < -0.39 is 0 Å². The Morgan fingerprint density at radius 3 is 2.80 bits per heavy atom. The Morgan fingerprint density at radius 2 is 2.20 bits per heavy atom. The molecule has 2 nitrogen and oxygen atoms in total. The van der Waals surface area contributed by atoms with Crippen LogP contribution in [0.2, 0.25) is 0 Å². The Bertz CT molecular complexity index is 347. The number of benzene rings is 1. The first kappa shape index (κ1) is 12.2. The van der Waals surface area contributed by atoms with Gasteiger partial charge in [-0.3, -0.25) is 4.79 Å². The first-order valence-corrected chi connectivity index (χ1v) is 5.83. The summed E-state index contributed by atoms with van der Waals surface area (Å²) in [6, 6.07) is 5.70. The summed E-state index contributed by atoms with van der Waals surface area (Å²) in [4.78, 5) is 11.2. The molecule has 1 aromatic rings. The summed E-state index contributed by atoms with van der Waals surface area (Å²) in [5.41, 5.74) is 1.11. The second-order valence-corrected chi connectivity index (χ2v) is 4.34. The third-order valence-electron chi connectivity index (χ3n) is 2.06. The summed E-state index contributed by atoms with van der Waals surface area (Å²) in [7, 11) is 0. The second-order valence-electron chi connectivity index (χ2n) is 3.49. The molecule has 0 N–H and O–H groups in total. The molecule has 0 aliphatic rings. The van der Waals surface area contributed by atoms with Crippen LogP contribution in [0, 0.1) is 6.92 Å². The summed E-state index contributed by atoms with van der Waals surface area (Å²) in [6.45, 7) is 4.15. The van der Waals surface area contributed by atoms with Crippen molar-refractivity contribution in [3.05, 3.63) is 28.2 Å². The summed E-state index contributed by atoms with van der Waals surface area (Å²) >= 11 is 3.41. The van der Waals surface area contributed by atoms with Gasteiger partial charge in [-0.05, 0) is 37.1 Å². The minimum atomic E-state index is 0.151. The quantitative estimate of drug-likeness (QED) is 0.819. The van der Waals surface area contributed by atoms with E-state index in [-0.39, 0.29) is 12.4 Å². The van der Waals surface area contributed by atoms with Crippen LogP contribution in [-0.4, -0.2) is 12.4 Å². The lowest BCUT2D eigenvalue weighted by Crippen LogP contribution is -2.10. The van der Waals surface area contributed by atoms with Crippen molar-refractivity contribution in [1.29, 1.82) is 0 Å². The molecule has 0 aliphatic heterocycles. The number of Topliss-reactive ketones (excluding diaryl/α,β-unsaturated/α-hetero) is 1. The third kappa shape index (κ3) is 4.04. The maximum absolute atomic E-state index is 11.2. The van der Waals surface area contributed by atoms with Gasteiger partial charge in [-0.1, -0.05) is 22.9 Å². The Kier molecular flexibility index (Phi) is 4.82. The smallest absolute Gasteiger partial charge is 0.170 e. The van der Waals surface area contributed by atoms with Gasteiger partial charge in [-0.25, -0.2) is 0 Å². The molecule has 0 aliphatic carbocycles. The van der Waals surface area contributed by atoms with E-state index >= 15 is 0 Å². The van der Waals surface area contributed by atoms with Crippen molar-refractivity contribution in [3.63, 3.8) is 0 Å². The highest BCUT2D eigenvalue weighted by Gasteiger charge is 2.02. The molecule has 0 fully saturated rings. The number of ketones is 1. The Labute approximate surface area is 98.8 Å². The van der Waals surface area contributed by atoms with Gasteiger partial charge in [0, 0.05) is 10.9 Å². The molecule has 3 heteroatoms. The molecular formula is C12H15BrO2. The second kappa shape index (κ2) is 5.91. The van der Waals surface area contributed by atoms with Crippen LogP contribution in [0.5, 0.6) is 5.75 Å². The molecule has 0 amide bonds. The van der Waals surface area contributed by atoms with E-state index in [0.29, 0.717) is 6.42 Å². The number of aryl methyl sites for hydroxylation is 1. The van der Waals surface area contributed by atoms with E-state index in [9.17, 15) is 4.79 Å². The van der Waals surface area contributed by atoms with Crippen molar-refractivity contribution in [3.8, 4) is 5.75 Å². The number of carbonyl (C=O) groups excluding carboxylic acids is 1. The fourth-order valence-corrected chi connectivity index (χ4v) is 1.47. The predicted octanol–water partition coefficient (Wildman–Crippen LogP) is 3.51. The average Bonchev–Trinajstić information content (AvgIpc) is 2.20. The van der Waals surface area contributed by atoms with Gasteiger partial charge in [0.2, 0.25) is 0 Å². The molecule has 0 unspecified atom stereocenters. The van der Waals surface area contributed by atoms with Crippen LogP contribution in [0.4, 0.5) is 0 Å². The molecule has 0 aromatic heterocycles. The lowest BCUT2D eigenvalue weighted by atomic mass is 10.2. The van der Waals surface area contributed by atoms with Crippen molar-refractivity contribution in [2.24, 2.45) is 0 Å². The van der Waals surface area contributed by atoms with Crippen LogP contribution >= 0.6 is 15.9 Å². The van der Waals surface area contributed by atoms with Crippen molar-refractivity contribution in [1.82, 2.24) is 0 Å². The van der Waals surface area contributed by atoms with E-state index in [2.05, 4.69) is 15.9 Å². The Hall–Kier alpha value is -0.830. The zero-order valence-corrected chi connectivity index (χ0v) is 10.6. The van der Waals surface area contributed by atoms with E-state index in [1.54, 1.807) is 0 Å². The normalized spacial score (nSPS) is 10.1. The van der Waals surface area contributed by atoms with E-state index in [1.807, 2.05) is 32.0 Å². The number of hydrogen-bond acceptors (Lipinski definition) is 2. The SMILES string of the molecule is CCCC(=O)COc1ccc(Br)c(C)c1. The molecule has 15 heavy (non-hydrogen) atoms. The number of carbonyl (C=O) groups is 1. The first-order chi connectivity index (χ1) is 7.13. The summed E-state index contributed by atoms with van der Waals surface area (Å²) in [5, 5.41) is 0. The Balaban J connectivity index is 2.51. The van der Waals surface area contributed by atoms with Crippen LogP contribution in [-0.2, 0) is 4.79 Å². The van der Waals surface area contributed by atoms with Gasteiger partial charge >= 0.3 is 0 Å². The van der Waals surface area contributed by atoms with Crippen LogP contribution in [0.1, 0.15) is 25.3 Å². The topological polar surface area (TPSA) is 26.3 Å². The molecule has 1 aromatic carbocycles. The van der Waals surface area contributed by atoms with Crippen LogP contribution in [0.25, 0.3) is 0 Å². The largest absolute Gasteiger partial charge is 0.486 e. The van der Waals surface area contributed by atoms with Crippen LogP contribution in [0.15, 0.2) is 22.7 Å². The molecule has 0 bridgehead atoms. The molecule has 82 valence electrons. The highest BCUT2D eigenvalue weighted by molar-refractivity contribution is 9.10. The summed E-state index contributed by atoms with van der Waals surface area (Å²) < 4.78 is 6.44. The van der Waals surface area contributed by atoms with Gasteiger partial charge in [-0.2, -0.15) is 0 Å². The molecular weight excluding hydrogens is 256 g/mol. The summed E-state index contributed by atoms with van der Waals surface area (Å²) in [5.74, 6) is 0.901. The maximum atomic E-state index is 11.2. The van der Waals surface area contributed by atoms with Gasteiger partial charge in [0.15, 0.2) is 5.78 Å². The number of hydrogen-bond donors (Lipinski definition) is 0. The van der Waals surface area contributed by atoms with Crippen molar-refractivity contribution >= 4 is 21.7 Å². The van der Waals surface area contributed by atoms with Gasteiger partial charge < -0.3 is 4.74 Å². The number of rotatable bonds is 5. The number of ether oxygens (including phenoxy) is 1. The average molecular weight is 271 g/mol. The van der Waals surface area contributed by atoms with Gasteiger partial charge in [0.25, 0.3) is 0 Å². The van der Waals surface area contributed by atoms with Crippen LogP contribution < -0.4 is 4.74 Å². The number of halogens is 1. The third-order valence-corrected chi connectivity index (χ3v) is 2.95. The summed E-state index contributed by atoms with van der Waals surface area (Å²) in [6.07, 6.45) is 1.47. The van der Waals surface area contributed by atoms with Gasteiger partial charge in [0.1, 0.15) is 12.4 Å². The fraction of sp³-hybridized carbons (Fsp3) is 0.417. The fourth-order valence-electron chi connectivity index (χ4n) is 1.22. The highest BCUT2D eigenvalue weighted by atomic mass is 79.9. The first-order valence-electron chi connectivity index (χ1n) is 5.04. The lowest BCUT2D eigenvalue weighted by molar-refractivity contribution is -0.121. The minimum Gasteiger partial charge on any atom is -0.486 e. The Morgan fingerprint density at radius 1 is 1.47 bits per heavy atom. The molecule has 0 radical (unpaired) electrons. The van der Waals surface area contributed by atoms with Crippen LogP contribution in [0.3, 0.4) is 0 Å². The maximum Gasteiger partial charge on any atom is 0.170 e. The molecule has 0 saturated carbocycles. The minimum absolute atomic E-state index is 0.151. The molecule has 1 rings (SSSR count). The van der Waals surface area contributed by atoms with E-state index in [4.69, 9.17) is 4.74 Å². The molecule has 0 saturated heterocycles. The van der Waals surface area contributed by atoms with Gasteiger partial charge in [-0.15, -0.1) is 0 Å². The van der Waals surface area contributed by atoms with E-state index in [1.165, 1.54) is 0 Å². The predicted molar refractivity (Wildman–Crippen MR) is 64.3 cm³/mol. The zero-order valence-electron chi connectivity index (χ0n) is 9.05. The monoisotopic (exact) mass is 270 g/mol. The standard InChI is InChI=1S/C12H15BrO2/c1-3-4-10(14)8-15-11-5-6-12(13)9(2)7-11/h5-7H,3-4,8H2,1-2H3. The molecule has 0 heterocycles. The van der Waals surface area contributed by atoms with Gasteiger partial charge in [0.05, 0.1) is 0 Å². The molecule has 0 spiro atoms. The van der Waals surface area contributed by atoms with Crippen molar-refractivity contribution < 1.29 is 9.53 Å². The lowest BCUT2D eigenvalue weighted by Gasteiger charge is -2.06. The zero-order chi connectivity index (χ0) is 11.3. The van der Waals surface area contributed by atoms with Crippen molar-refractivity contribution in [2.75, 3.05) is 6.61 Å².